The number of pyridine rings is 1. The SMILES string of the molecule is CC(=O)Nc1cc(N=Nc2cc(OCCCS(=O)(=O)O)c(N=Nc3c(C)c(C#N)c4nc5c(C)ccc(S(=O)(=O)O)c5n4c3O)cc2C)c(SCCCS(=O)(=O)O)cc1N=Nc1nc2c(S(=O)(=O)O)cc3c(S(=O)(=O)O)cc(S(=O)(=O)O)cc3c2s1. The number of nitrogens with one attached hydrogen (secondary N) is 1. The van der Waals surface area contributed by atoms with Crippen LogP contribution in [0, 0.1) is 32.1 Å². The third kappa shape index (κ3) is 14.3. The number of carbonyl (C=O) groups excluding carboxylic acids is 1. The first-order chi connectivity index (χ1) is 39.8. The van der Waals surface area contributed by atoms with Crippen LogP contribution in [0.1, 0.15) is 42.0 Å². The van der Waals surface area contributed by atoms with Crippen molar-refractivity contribution < 1.29 is 92.5 Å². The minimum atomic E-state index is -5.36. The predicted molar refractivity (Wildman–Crippen MR) is 308 cm³/mol. The highest BCUT2D eigenvalue weighted by molar-refractivity contribution is 7.99. The van der Waals surface area contributed by atoms with Crippen LogP contribution in [0.4, 0.5) is 39.3 Å². The molecule has 3 heterocycles. The average Bonchev–Trinajstić information content (AvgIpc) is 1.50. The van der Waals surface area contributed by atoms with E-state index >= 15 is 0 Å². The maximum Gasteiger partial charge on any atom is 0.296 e. The molecular weight excluding hydrogens is 1300 g/mol. The van der Waals surface area contributed by atoms with Gasteiger partial charge in [-0.1, -0.05) is 17.4 Å². The third-order valence-electron chi connectivity index (χ3n) is 12.1. The molecule has 5 aromatic carbocycles. The summed E-state index contributed by atoms with van der Waals surface area (Å²) in [6.07, 6.45) is -0.407. The van der Waals surface area contributed by atoms with Gasteiger partial charge < -0.3 is 15.2 Å². The van der Waals surface area contributed by atoms with Gasteiger partial charge in [0.05, 0.1) is 50.1 Å². The fraction of sp³-hybridized carbons (Fsp3) is 0.217. The Morgan fingerprint density at radius 1 is 0.674 bits per heavy atom. The van der Waals surface area contributed by atoms with Gasteiger partial charge in [0, 0.05) is 34.2 Å². The lowest BCUT2D eigenvalue weighted by atomic mass is 10.1. The number of imidazole rings is 1. The van der Waals surface area contributed by atoms with Gasteiger partial charge in [0.25, 0.3) is 60.7 Å². The van der Waals surface area contributed by atoms with Gasteiger partial charge in [0.1, 0.15) is 54.6 Å². The molecule has 0 atom stereocenters. The van der Waals surface area contributed by atoms with Gasteiger partial charge in [-0.25, -0.2) is 9.97 Å². The lowest BCUT2D eigenvalue weighted by Gasteiger charge is -2.13. The smallest absolute Gasteiger partial charge is 0.296 e. The molecule has 0 fully saturated rings. The first-order valence-electron chi connectivity index (χ1n) is 23.7. The molecule has 0 spiro atoms. The van der Waals surface area contributed by atoms with Crippen molar-refractivity contribution in [2.24, 2.45) is 30.7 Å². The molecule has 8 aromatic rings. The summed E-state index contributed by atoms with van der Waals surface area (Å²) in [5, 5.41) is 48.6. The van der Waals surface area contributed by atoms with E-state index in [0.717, 1.165) is 35.2 Å². The molecule has 0 bridgehead atoms. The van der Waals surface area contributed by atoms with Crippen LogP contribution in [-0.4, -0.2) is 127 Å². The summed E-state index contributed by atoms with van der Waals surface area (Å²) in [6.45, 7) is 5.23. The van der Waals surface area contributed by atoms with E-state index in [1.165, 1.54) is 44.2 Å². The number of azo groups is 3. The van der Waals surface area contributed by atoms with Gasteiger partial charge in [-0.3, -0.25) is 36.5 Å². The van der Waals surface area contributed by atoms with E-state index in [1.807, 2.05) is 6.07 Å². The molecule has 454 valence electrons. The summed E-state index contributed by atoms with van der Waals surface area (Å²) in [5.74, 6) is -3.06. The van der Waals surface area contributed by atoms with Crippen molar-refractivity contribution in [3.8, 4) is 17.7 Å². The molecule has 0 radical (unpaired) electrons. The van der Waals surface area contributed by atoms with Gasteiger partial charge in [-0.15, -0.1) is 37.3 Å². The Morgan fingerprint density at radius 3 is 1.92 bits per heavy atom. The van der Waals surface area contributed by atoms with E-state index in [4.69, 9.17) is 4.74 Å². The van der Waals surface area contributed by atoms with E-state index < -0.39 is 125 Å². The number of aromatic hydroxyl groups is 1. The number of rotatable bonds is 21. The molecular formula is C46H41N11O21S8. The van der Waals surface area contributed by atoms with Crippen LogP contribution in [-0.2, 0) is 65.5 Å². The van der Waals surface area contributed by atoms with Crippen molar-refractivity contribution in [3.05, 3.63) is 76.9 Å². The molecule has 8 N–H and O–H groups in total. The highest BCUT2D eigenvalue weighted by Gasteiger charge is 2.29. The molecule has 0 aliphatic rings. The Kier molecular flexibility index (Phi) is 17.9. The highest BCUT2D eigenvalue weighted by atomic mass is 32.2. The first-order valence-corrected chi connectivity index (χ1v) is 34.5. The Morgan fingerprint density at radius 2 is 1.30 bits per heavy atom. The van der Waals surface area contributed by atoms with Gasteiger partial charge in [0.2, 0.25) is 16.9 Å². The zero-order chi connectivity index (χ0) is 63.4. The quantitative estimate of drug-likeness (QED) is 0.0144. The summed E-state index contributed by atoms with van der Waals surface area (Å²) in [7, 11) is -29.7. The molecule has 1 amide bonds. The topological polar surface area (TPSA) is 513 Å². The Balaban J connectivity index is 1.25. The van der Waals surface area contributed by atoms with E-state index in [0.29, 0.717) is 29.0 Å². The molecule has 3 aromatic heterocycles. The summed E-state index contributed by atoms with van der Waals surface area (Å²) in [6, 6.07) is 11.3. The standard InChI is InChI=1S/C46H41N11O21S8/c1-21-7-8-36(84(69,70)71)42-39(21)49-44-28(20-47)23(3)40(45(59)57(42)44)55-53-32-13-22(2)29(18-34(32)78-9-5-11-81(60,61)62)51-54-33-17-30(48-24(4)58)31(19-35(33)79-10-6-12-82(63,64)65)52-56-46-50-41-38(86(75,76)77)16-26-27(43(41)80-46)14-25(83(66,67)68)15-37(26)85(72,73)74/h7-8,13-19,59H,5-6,9-12H2,1-4H3,(H,48,58)(H,60,61,62)(H,63,64,65)(H,66,67,68)(H,69,70,71)(H,72,73,74)(H,75,76,77). The van der Waals surface area contributed by atoms with Crippen LogP contribution < -0.4 is 10.1 Å². The third-order valence-corrected chi connectivity index (χ3v) is 19.3. The number of aryl methyl sites for hydroxylation is 2. The maximum absolute atomic E-state index is 12.7. The number of aromatic nitrogens is 3. The van der Waals surface area contributed by atoms with Crippen molar-refractivity contribution in [1.29, 1.82) is 5.26 Å². The number of nitrogens with zero attached hydrogens (tertiary/aromatic N) is 10. The van der Waals surface area contributed by atoms with Gasteiger partial charge in [-0.05, 0) is 93.0 Å². The summed E-state index contributed by atoms with van der Waals surface area (Å²) < 4.78 is 212. The number of hydrogen-bond donors (Lipinski definition) is 8. The number of hydrogen-bond acceptors (Lipinski definition) is 26. The maximum atomic E-state index is 12.7. The largest absolute Gasteiger partial charge is 0.493 e. The number of fused-ring (bicyclic) bond motifs is 6. The number of amides is 1. The van der Waals surface area contributed by atoms with E-state index in [1.54, 1.807) is 6.92 Å². The van der Waals surface area contributed by atoms with E-state index in [2.05, 4.69) is 46.0 Å². The molecule has 8 rings (SSSR count). The minimum absolute atomic E-state index is 0.0156. The van der Waals surface area contributed by atoms with Crippen LogP contribution >= 0.6 is 23.1 Å². The predicted octanol–water partition coefficient (Wildman–Crippen LogP) is 8.97. The van der Waals surface area contributed by atoms with Crippen molar-refractivity contribution in [2.75, 3.05) is 29.2 Å². The number of nitriles is 1. The van der Waals surface area contributed by atoms with Crippen LogP contribution in [0.2, 0.25) is 0 Å². The molecule has 0 aliphatic heterocycles. The van der Waals surface area contributed by atoms with Gasteiger partial charge >= 0.3 is 0 Å². The van der Waals surface area contributed by atoms with Crippen molar-refractivity contribution >= 4 is 167 Å². The number of thioether (sulfide) groups is 1. The Hall–Kier alpha value is -7.63. The first kappa shape index (κ1) is 64.4. The molecule has 0 aliphatic carbocycles. The fourth-order valence-electron chi connectivity index (χ4n) is 8.32. The summed E-state index contributed by atoms with van der Waals surface area (Å²) in [4.78, 5) is 17.4. The lowest BCUT2D eigenvalue weighted by molar-refractivity contribution is -0.114. The van der Waals surface area contributed by atoms with E-state index in [9.17, 15) is 93.0 Å². The van der Waals surface area contributed by atoms with Crippen molar-refractivity contribution in [3.63, 3.8) is 0 Å². The number of carbonyl (C=O) groups is 1. The second-order valence-electron chi connectivity index (χ2n) is 18.3. The minimum Gasteiger partial charge on any atom is -0.493 e. The molecule has 0 saturated heterocycles. The second-order valence-corrected chi connectivity index (χ2v) is 29.1. The van der Waals surface area contributed by atoms with Crippen LogP contribution in [0.5, 0.6) is 11.6 Å². The van der Waals surface area contributed by atoms with Crippen LogP contribution in [0.15, 0.2) is 110 Å². The van der Waals surface area contributed by atoms with E-state index in [-0.39, 0.29) is 108 Å². The van der Waals surface area contributed by atoms with Crippen molar-refractivity contribution in [2.45, 2.75) is 65.0 Å². The monoisotopic (exact) mass is 1340 g/mol. The number of benzene rings is 5. The summed E-state index contributed by atoms with van der Waals surface area (Å²) >= 11 is 1.41. The molecule has 0 unspecified atom stereocenters. The van der Waals surface area contributed by atoms with Crippen LogP contribution in [0.25, 0.3) is 37.7 Å². The lowest BCUT2D eigenvalue weighted by Crippen LogP contribution is -2.08. The van der Waals surface area contributed by atoms with Crippen LogP contribution in [0.3, 0.4) is 0 Å². The highest BCUT2D eigenvalue weighted by Crippen LogP contribution is 2.46. The number of ether oxygens (including phenoxy) is 1. The summed E-state index contributed by atoms with van der Waals surface area (Å²) in [5.41, 5.74) is -1.36. The van der Waals surface area contributed by atoms with Gasteiger partial charge in [0.15, 0.2) is 11.3 Å². The molecule has 86 heavy (non-hydrogen) atoms. The molecule has 32 nitrogen and oxygen atoms in total. The zero-order valence-electron chi connectivity index (χ0n) is 44.0. The fourth-order valence-corrected chi connectivity index (χ4v) is 14.1. The van der Waals surface area contributed by atoms with Crippen molar-refractivity contribution in [1.82, 2.24) is 14.4 Å². The number of anilines is 1. The molecule has 40 heteroatoms. The van der Waals surface area contributed by atoms with Gasteiger partial charge in [-0.2, -0.15) is 60.9 Å². The Bertz CT molecular complexity index is 5080. The number of thiazole rings is 1. The average molecular weight is 1340 g/mol. The molecule has 0 saturated carbocycles. The normalized spacial score (nSPS) is 13.1. The Labute approximate surface area is 494 Å². The zero-order valence-corrected chi connectivity index (χ0v) is 50.6. The second kappa shape index (κ2) is 23.9.